The normalized spacial score (nSPS) is 17.5. The summed E-state index contributed by atoms with van der Waals surface area (Å²) in [5.41, 5.74) is 1.20. The molecule has 114 valence electrons. The van der Waals surface area contributed by atoms with E-state index in [0.29, 0.717) is 16.3 Å². The van der Waals surface area contributed by atoms with Crippen molar-refractivity contribution in [3.63, 3.8) is 0 Å². The molecule has 0 aliphatic carbocycles. The van der Waals surface area contributed by atoms with Crippen molar-refractivity contribution >= 4 is 45.2 Å². The molecule has 0 bridgehead atoms. The molecule has 2 N–H and O–H groups in total. The molecule has 1 atom stereocenters. The number of amides is 2. The van der Waals surface area contributed by atoms with Crippen LogP contribution in [0.2, 0.25) is 0 Å². The fourth-order valence-electron chi connectivity index (χ4n) is 1.89. The van der Waals surface area contributed by atoms with Crippen molar-refractivity contribution in [2.75, 3.05) is 17.7 Å². The molecule has 1 aromatic heterocycles. The van der Waals surface area contributed by atoms with Gasteiger partial charge in [0.05, 0.1) is 12.2 Å². The van der Waals surface area contributed by atoms with E-state index in [0.717, 1.165) is 22.2 Å². The van der Waals surface area contributed by atoms with E-state index in [1.165, 1.54) is 11.3 Å². The van der Waals surface area contributed by atoms with Crippen LogP contribution in [0.4, 0.5) is 9.80 Å². The van der Waals surface area contributed by atoms with Crippen molar-refractivity contribution in [2.45, 2.75) is 26.8 Å². The Kier molecular flexibility index (Phi) is 4.89. The number of hydrogen-bond donors (Lipinski definition) is 2. The Hall–Kier alpha value is -1.54. The lowest BCUT2D eigenvalue weighted by Gasteiger charge is -2.10. The highest BCUT2D eigenvalue weighted by atomic mass is 32.2. The van der Waals surface area contributed by atoms with Gasteiger partial charge in [0.15, 0.2) is 0 Å². The number of ether oxygens (including phenoxy) is 1. The van der Waals surface area contributed by atoms with Gasteiger partial charge < -0.3 is 15.4 Å². The molecule has 2 heterocycles. The second-order valence-corrected chi connectivity index (χ2v) is 6.71. The highest BCUT2D eigenvalue weighted by molar-refractivity contribution is 8.14. The minimum absolute atomic E-state index is 0.209. The third-order valence-corrected chi connectivity index (χ3v) is 5.09. The molecule has 1 unspecified atom stereocenters. The second kappa shape index (κ2) is 6.48. The SMILES string of the molecule is CCOC(=O)c1c(NC(=O)C2CSC(=O)N2)sc(C)c1C. The number of carbonyl (C=O) groups excluding carboxylic acids is 3. The number of anilines is 1. The zero-order chi connectivity index (χ0) is 15.6. The molecule has 1 aliphatic heterocycles. The number of esters is 1. The van der Waals surface area contributed by atoms with E-state index >= 15 is 0 Å². The fraction of sp³-hybridized carbons (Fsp3) is 0.462. The van der Waals surface area contributed by atoms with Crippen LogP contribution in [0.3, 0.4) is 0 Å². The van der Waals surface area contributed by atoms with Crippen molar-refractivity contribution in [3.05, 3.63) is 16.0 Å². The van der Waals surface area contributed by atoms with Gasteiger partial charge >= 0.3 is 5.97 Å². The summed E-state index contributed by atoms with van der Waals surface area (Å²) in [7, 11) is 0. The molecule has 1 fully saturated rings. The van der Waals surface area contributed by atoms with Crippen LogP contribution in [0.5, 0.6) is 0 Å². The third-order valence-electron chi connectivity index (χ3n) is 3.09. The van der Waals surface area contributed by atoms with E-state index in [9.17, 15) is 14.4 Å². The molecule has 0 radical (unpaired) electrons. The molecule has 2 rings (SSSR count). The maximum atomic E-state index is 12.1. The van der Waals surface area contributed by atoms with Gasteiger partial charge in [0.25, 0.3) is 5.24 Å². The zero-order valence-corrected chi connectivity index (χ0v) is 13.6. The van der Waals surface area contributed by atoms with Crippen LogP contribution in [0.25, 0.3) is 0 Å². The molecule has 0 saturated carbocycles. The summed E-state index contributed by atoms with van der Waals surface area (Å²) >= 11 is 2.40. The van der Waals surface area contributed by atoms with Crippen molar-refractivity contribution < 1.29 is 19.1 Å². The van der Waals surface area contributed by atoms with E-state index in [1.54, 1.807) is 6.92 Å². The van der Waals surface area contributed by atoms with Crippen molar-refractivity contribution in [2.24, 2.45) is 0 Å². The fourth-order valence-corrected chi connectivity index (χ4v) is 3.72. The smallest absolute Gasteiger partial charge is 0.341 e. The van der Waals surface area contributed by atoms with Crippen molar-refractivity contribution in [1.29, 1.82) is 0 Å². The van der Waals surface area contributed by atoms with Crippen molar-refractivity contribution in [3.8, 4) is 0 Å². The largest absolute Gasteiger partial charge is 0.462 e. The third kappa shape index (κ3) is 3.38. The Balaban J connectivity index is 2.19. The van der Waals surface area contributed by atoms with E-state index in [4.69, 9.17) is 4.74 Å². The average Bonchev–Trinajstić information content (AvgIpc) is 2.95. The lowest BCUT2D eigenvalue weighted by atomic mass is 10.1. The first-order valence-electron chi connectivity index (χ1n) is 6.45. The molecular formula is C13H16N2O4S2. The average molecular weight is 328 g/mol. The van der Waals surface area contributed by atoms with Gasteiger partial charge in [-0.05, 0) is 26.3 Å². The standard InChI is InChI=1S/C13H16N2O4S2/c1-4-19-12(17)9-6(2)7(3)21-11(9)15-10(16)8-5-20-13(18)14-8/h8H,4-5H2,1-3H3,(H,14,18)(H,15,16). The lowest BCUT2D eigenvalue weighted by Crippen LogP contribution is -2.38. The van der Waals surface area contributed by atoms with Crippen LogP contribution in [0.15, 0.2) is 0 Å². The molecule has 1 aliphatic rings. The highest BCUT2D eigenvalue weighted by Gasteiger charge is 2.30. The minimum atomic E-state index is -0.569. The van der Waals surface area contributed by atoms with Crippen LogP contribution in [0.1, 0.15) is 27.7 Å². The number of carbonyl (C=O) groups is 3. The monoisotopic (exact) mass is 328 g/mol. The maximum absolute atomic E-state index is 12.1. The van der Waals surface area contributed by atoms with E-state index < -0.39 is 12.0 Å². The summed E-state index contributed by atoms with van der Waals surface area (Å²) in [6, 6.07) is -0.569. The maximum Gasteiger partial charge on any atom is 0.341 e. The molecule has 21 heavy (non-hydrogen) atoms. The number of aryl methyl sites for hydroxylation is 1. The predicted octanol–water partition coefficient (Wildman–Crippen LogP) is 2.31. The van der Waals surface area contributed by atoms with Gasteiger partial charge in [-0.25, -0.2) is 4.79 Å². The van der Waals surface area contributed by atoms with E-state index in [2.05, 4.69) is 10.6 Å². The van der Waals surface area contributed by atoms with Gasteiger partial charge in [0.1, 0.15) is 11.0 Å². The first kappa shape index (κ1) is 15.8. The van der Waals surface area contributed by atoms with Crippen LogP contribution in [0, 0.1) is 13.8 Å². The predicted molar refractivity (Wildman–Crippen MR) is 83.2 cm³/mol. The molecule has 1 aromatic rings. The molecular weight excluding hydrogens is 312 g/mol. The number of hydrogen-bond acceptors (Lipinski definition) is 6. The summed E-state index contributed by atoms with van der Waals surface area (Å²) in [6.45, 7) is 5.71. The molecule has 2 amide bonds. The molecule has 8 heteroatoms. The molecule has 6 nitrogen and oxygen atoms in total. The van der Waals surface area contributed by atoms with Gasteiger partial charge in [0, 0.05) is 10.6 Å². The summed E-state index contributed by atoms with van der Waals surface area (Å²) < 4.78 is 5.03. The van der Waals surface area contributed by atoms with Gasteiger partial charge in [-0.2, -0.15) is 0 Å². The minimum Gasteiger partial charge on any atom is -0.462 e. The molecule has 0 spiro atoms. The van der Waals surface area contributed by atoms with Crippen LogP contribution in [-0.4, -0.2) is 35.5 Å². The first-order valence-corrected chi connectivity index (χ1v) is 8.25. The quantitative estimate of drug-likeness (QED) is 0.829. The Morgan fingerprint density at radius 2 is 2.14 bits per heavy atom. The Morgan fingerprint density at radius 3 is 2.71 bits per heavy atom. The summed E-state index contributed by atoms with van der Waals surface area (Å²) in [4.78, 5) is 36.2. The Bertz CT molecular complexity index is 597. The van der Waals surface area contributed by atoms with Crippen LogP contribution in [-0.2, 0) is 9.53 Å². The second-order valence-electron chi connectivity index (χ2n) is 4.49. The van der Waals surface area contributed by atoms with Gasteiger partial charge in [-0.1, -0.05) is 11.8 Å². The van der Waals surface area contributed by atoms with Crippen molar-refractivity contribution in [1.82, 2.24) is 5.32 Å². The Morgan fingerprint density at radius 1 is 1.43 bits per heavy atom. The number of rotatable bonds is 4. The lowest BCUT2D eigenvalue weighted by molar-refractivity contribution is -0.117. The van der Waals surface area contributed by atoms with Gasteiger partial charge in [-0.15, -0.1) is 11.3 Å². The summed E-state index contributed by atoms with van der Waals surface area (Å²) in [5.74, 6) is -0.373. The van der Waals surface area contributed by atoms with E-state index in [-0.39, 0.29) is 17.8 Å². The Labute approximate surface area is 130 Å². The topological polar surface area (TPSA) is 84.5 Å². The van der Waals surface area contributed by atoms with Crippen LogP contribution >= 0.6 is 23.1 Å². The van der Waals surface area contributed by atoms with E-state index in [1.807, 2.05) is 13.8 Å². The zero-order valence-electron chi connectivity index (χ0n) is 11.9. The number of thiophene rings is 1. The van der Waals surface area contributed by atoms with Gasteiger partial charge in [-0.3, -0.25) is 9.59 Å². The summed E-state index contributed by atoms with van der Waals surface area (Å²) in [6.07, 6.45) is 0. The van der Waals surface area contributed by atoms with Crippen LogP contribution < -0.4 is 10.6 Å². The number of nitrogens with one attached hydrogen (secondary N) is 2. The molecule has 1 saturated heterocycles. The first-order chi connectivity index (χ1) is 9.93. The highest BCUT2D eigenvalue weighted by Crippen LogP contribution is 2.33. The number of thioether (sulfide) groups is 1. The summed E-state index contributed by atoms with van der Waals surface area (Å²) in [5, 5.41) is 5.56. The van der Waals surface area contributed by atoms with Gasteiger partial charge in [0.2, 0.25) is 5.91 Å². The molecule has 0 aromatic carbocycles.